The third kappa shape index (κ3) is 3.79. The van der Waals surface area contributed by atoms with E-state index in [1.807, 2.05) is 54.6 Å². The van der Waals surface area contributed by atoms with Gasteiger partial charge in [0, 0.05) is 5.41 Å². The molecule has 0 saturated carbocycles. The fraction of sp³-hybridized carbons (Fsp3) is 0.0625. The van der Waals surface area contributed by atoms with E-state index in [9.17, 15) is 8.42 Å². The average molecular weight is 330 g/mol. The summed E-state index contributed by atoms with van der Waals surface area (Å²) < 4.78 is 27.5. The molecule has 22 heavy (non-hydrogen) atoms. The molecule has 3 rings (SSSR count). The van der Waals surface area contributed by atoms with Crippen molar-refractivity contribution in [3.8, 4) is 0 Å². The zero-order chi connectivity index (χ0) is 15.4. The molecule has 0 fully saturated rings. The molecule has 1 N–H and O–H groups in total. The van der Waals surface area contributed by atoms with Crippen molar-refractivity contribution in [1.82, 2.24) is 9.71 Å². The lowest BCUT2D eigenvalue weighted by Crippen LogP contribution is -2.20. The Bertz CT molecular complexity index is 867. The molecule has 0 atom stereocenters. The first-order valence-corrected chi connectivity index (χ1v) is 9.06. The summed E-state index contributed by atoms with van der Waals surface area (Å²) in [7, 11) is -3.48. The van der Waals surface area contributed by atoms with Gasteiger partial charge in [-0.15, -0.1) is 11.3 Å². The van der Waals surface area contributed by atoms with Crippen LogP contribution in [0.4, 0.5) is 0 Å². The largest absolute Gasteiger partial charge is 0.240 e. The lowest BCUT2D eigenvalue weighted by molar-refractivity contribution is 0.590. The summed E-state index contributed by atoms with van der Waals surface area (Å²) >= 11 is 1.49. The fourth-order valence-corrected chi connectivity index (χ4v) is 3.71. The van der Waals surface area contributed by atoms with E-state index in [1.165, 1.54) is 16.7 Å². The number of benzene rings is 2. The van der Waals surface area contributed by atoms with E-state index in [-0.39, 0.29) is 6.54 Å². The fourth-order valence-electron chi connectivity index (χ4n) is 1.94. The number of rotatable bonds is 5. The molecule has 0 unspecified atom stereocenters. The van der Waals surface area contributed by atoms with E-state index in [1.54, 1.807) is 6.08 Å². The van der Waals surface area contributed by atoms with Gasteiger partial charge in [-0.3, -0.25) is 0 Å². The topological polar surface area (TPSA) is 59.1 Å². The second-order valence-corrected chi connectivity index (χ2v) is 7.42. The molecular formula is C16H14N2O2S2. The summed E-state index contributed by atoms with van der Waals surface area (Å²) in [5.41, 5.74) is 1.73. The van der Waals surface area contributed by atoms with Crippen LogP contribution in [0.2, 0.25) is 0 Å². The second kappa shape index (κ2) is 6.39. The SMILES string of the molecule is O=S(=O)(/C=C/c1ccccc1)NCc1nc2ccccc2s1. The highest BCUT2D eigenvalue weighted by atomic mass is 32.2. The summed E-state index contributed by atoms with van der Waals surface area (Å²) in [6.07, 6.45) is 1.57. The number of hydrogen-bond acceptors (Lipinski definition) is 4. The predicted octanol–water partition coefficient (Wildman–Crippen LogP) is 3.39. The van der Waals surface area contributed by atoms with Crippen LogP contribution in [-0.4, -0.2) is 13.4 Å². The molecule has 0 aliphatic rings. The van der Waals surface area contributed by atoms with Gasteiger partial charge >= 0.3 is 0 Å². The molecule has 0 aliphatic heterocycles. The van der Waals surface area contributed by atoms with Crippen LogP contribution in [0.5, 0.6) is 0 Å². The number of aromatic nitrogens is 1. The van der Waals surface area contributed by atoms with E-state index in [0.29, 0.717) is 0 Å². The molecule has 3 aromatic rings. The lowest BCUT2D eigenvalue weighted by atomic mass is 10.2. The molecule has 0 saturated heterocycles. The third-order valence-electron chi connectivity index (χ3n) is 3.00. The molecule has 4 nitrogen and oxygen atoms in total. The molecule has 0 amide bonds. The van der Waals surface area contributed by atoms with Crippen molar-refractivity contribution in [2.24, 2.45) is 0 Å². The average Bonchev–Trinajstić information content (AvgIpc) is 2.95. The molecule has 6 heteroatoms. The van der Waals surface area contributed by atoms with Gasteiger partial charge in [0.1, 0.15) is 5.01 Å². The Kier molecular flexibility index (Phi) is 4.33. The van der Waals surface area contributed by atoms with Crippen molar-refractivity contribution < 1.29 is 8.42 Å². The molecule has 1 aromatic heterocycles. The summed E-state index contributed by atoms with van der Waals surface area (Å²) in [4.78, 5) is 4.40. The van der Waals surface area contributed by atoms with E-state index in [2.05, 4.69) is 9.71 Å². The maximum absolute atomic E-state index is 12.0. The first-order valence-electron chi connectivity index (χ1n) is 6.70. The van der Waals surface area contributed by atoms with Gasteiger partial charge in [-0.25, -0.2) is 18.1 Å². The molecule has 0 bridgehead atoms. The van der Waals surface area contributed by atoms with Crippen LogP contribution in [0.3, 0.4) is 0 Å². The minimum Gasteiger partial charge on any atom is -0.240 e. The Morgan fingerprint density at radius 2 is 1.77 bits per heavy atom. The van der Waals surface area contributed by atoms with Gasteiger partial charge in [0.2, 0.25) is 10.0 Å². The van der Waals surface area contributed by atoms with Crippen LogP contribution >= 0.6 is 11.3 Å². The minimum atomic E-state index is -3.48. The second-order valence-electron chi connectivity index (χ2n) is 4.65. The van der Waals surface area contributed by atoms with E-state index >= 15 is 0 Å². The Labute approximate surface area is 133 Å². The van der Waals surface area contributed by atoms with Crippen molar-refractivity contribution in [3.05, 3.63) is 70.6 Å². The molecule has 2 aromatic carbocycles. The smallest absolute Gasteiger partial charge is 0.234 e. The summed E-state index contributed by atoms with van der Waals surface area (Å²) in [6, 6.07) is 17.0. The van der Waals surface area contributed by atoms with Crippen LogP contribution < -0.4 is 4.72 Å². The number of thiazole rings is 1. The van der Waals surface area contributed by atoms with Crippen molar-refractivity contribution in [2.45, 2.75) is 6.54 Å². The summed E-state index contributed by atoms with van der Waals surface area (Å²) in [6.45, 7) is 0.195. The standard InChI is InChI=1S/C16H14N2O2S2/c19-22(20,11-10-13-6-2-1-3-7-13)17-12-16-18-14-8-4-5-9-15(14)21-16/h1-11,17H,12H2/b11-10+. The van der Waals surface area contributed by atoms with Gasteiger partial charge in [-0.1, -0.05) is 42.5 Å². The minimum absolute atomic E-state index is 0.195. The highest BCUT2D eigenvalue weighted by Crippen LogP contribution is 2.21. The highest BCUT2D eigenvalue weighted by molar-refractivity contribution is 7.92. The lowest BCUT2D eigenvalue weighted by Gasteiger charge is -1.99. The molecular weight excluding hydrogens is 316 g/mol. The van der Waals surface area contributed by atoms with Gasteiger partial charge in [0.15, 0.2) is 0 Å². The monoisotopic (exact) mass is 330 g/mol. The Morgan fingerprint density at radius 3 is 2.55 bits per heavy atom. The molecule has 0 aliphatic carbocycles. The number of fused-ring (bicyclic) bond motifs is 1. The Morgan fingerprint density at radius 1 is 1.05 bits per heavy atom. The molecule has 0 radical (unpaired) electrons. The van der Waals surface area contributed by atoms with Gasteiger partial charge in [-0.2, -0.15) is 0 Å². The molecule has 112 valence electrons. The number of nitrogens with one attached hydrogen (secondary N) is 1. The number of para-hydroxylation sites is 1. The summed E-state index contributed by atoms with van der Waals surface area (Å²) in [5, 5.41) is 1.92. The van der Waals surface area contributed by atoms with E-state index < -0.39 is 10.0 Å². The van der Waals surface area contributed by atoms with Crippen LogP contribution in [0.1, 0.15) is 10.6 Å². The Hall–Kier alpha value is -2.02. The van der Waals surface area contributed by atoms with Crippen LogP contribution in [0.25, 0.3) is 16.3 Å². The van der Waals surface area contributed by atoms with Crippen LogP contribution in [0, 0.1) is 0 Å². The van der Waals surface area contributed by atoms with Gasteiger partial charge in [-0.05, 0) is 23.8 Å². The van der Waals surface area contributed by atoms with Crippen molar-refractivity contribution in [1.29, 1.82) is 0 Å². The van der Waals surface area contributed by atoms with Crippen LogP contribution in [0.15, 0.2) is 60.0 Å². The molecule has 0 spiro atoms. The van der Waals surface area contributed by atoms with Gasteiger partial charge < -0.3 is 0 Å². The van der Waals surface area contributed by atoms with Crippen LogP contribution in [-0.2, 0) is 16.6 Å². The van der Waals surface area contributed by atoms with Crippen molar-refractivity contribution in [3.63, 3.8) is 0 Å². The van der Waals surface area contributed by atoms with Crippen molar-refractivity contribution in [2.75, 3.05) is 0 Å². The van der Waals surface area contributed by atoms with Gasteiger partial charge in [0.25, 0.3) is 0 Å². The zero-order valence-corrected chi connectivity index (χ0v) is 13.3. The first kappa shape index (κ1) is 14.9. The highest BCUT2D eigenvalue weighted by Gasteiger charge is 2.08. The van der Waals surface area contributed by atoms with E-state index in [4.69, 9.17) is 0 Å². The maximum Gasteiger partial charge on any atom is 0.234 e. The summed E-state index contributed by atoms with van der Waals surface area (Å²) in [5.74, 6) is 0. The normalized spacial score (nSPS) is 12.2. The number of sulfonamides is 1. The quantitative estimate of drug-likeness (QED) is 0.780. The zero-order valence-electron chi connectivity index (χ0n) is 11.6. The van der Waals surface area contributed by atoms with Crippen molar-refractivity contribution >= 4 is 37.7 Å². The predicted molar refractivity (Wildman–Crippen MR) is 90.9 cm³/mol. The van der Waals surface area contributed by atoms with E-state index in [0.717, 1.165) is 20.8 Å². The number of hydrogen-bond donors (Lipinski definition) is 1. The third-order valence-corrected chi connectivity index (χ3v) is 5.08. The molecule has 1 heterocycles. The van der Waals surface area contributed by atoms with Gasteiger partial charge in [0.05, 0.1) is 16.8 Å². The first-order chi connectivity index (χ1) is 10.6. The number of nitrogens with zero attached hydrogens (tertiary/aromatic N) is 1. The maximum atomic E-state index is 12.0. The Balaban J connectivity index is 1.68.